The summed E-state index contributed by atoms with van der Waals surface area (Å²) in [6.07, 6.45) is 3.54. The molecule has 0 aliphatic carbocycles. The van der Waals surface area contributed by atoms with Gasteiger partial charge in [-0.25, -0.2) is 9.78 Å². The maximum absolute atomic E-state index is 11.2. The molecule has 4 nitrogen and oxygen atoms in total. The number of hydrogen-bond acceptors (Lipinski definition) is 3. The molecule has 2 heterocycles. The first-order chi connectivity index (χ1) is 8.61. The van der Waals surface area contributed by atoms with E-state index >= 15 is 0 Å². The molecule has 1 atom stereocenters. The molecule has 1 aromatic heterocycles. The summed E-state index contributed by atoms with van der Waals surface area (Å²) < 4.78 is 0. The highest BCUT2D eigenvalue weighted by atomic mass is 16.4. The van der Waals surface area contributed by atoms with E-state index in [1.807, 2.05) is 6.92 Å². The maximum atomic E-state index is 11.2. The van der Waals surface area contributed by atoms with Crippen molar-refractivity contribution in [2.75, 3.05) is 18.0 Å². The number of pyridine rings is 1. The normalized spacial score (nSPS) is 19.2. The molecule has 4 heteroatoms. The molecule has 1 fully saturated rings. The molecule has 0 aromatic carbocycles. The Labute approximate surface area is 108 Å². The van der Waals surface area contributed by atoms with Gasteiger partial charge in [-0.3, -0.25) is 0 Å². The first kappa shape index (κ1) is 12.9. The minimum absolute atomic E-state index is 0.317. The lowest BCUT2D eigenvalue weighted by atomic mass is 10.0. The quantitative estimate of drug-likeness (QED) is 0.890. The number of carboxylic acid groups (broad SMARTS) is 1. The van der Waals surface area contributed by atoms with Crippen LogP contribution in [-0.4, -0.2) is 29.1 Å². The second-order valence-corrected chi connectivity index (χ2v) is 5.02. The van der Waals surface area contributed by atoms with Gasteiger partial charge < -0.3 is 10.0 Å². The van der Waals surface area contributed by atoms with E-state index in [1.54, 1.807) is 12.1 Å². The number of carbonyl (C=O) groups is 1. The summed E-state index contributed by atoms with van der Waals surface area (Å²) in [6.45, 7) is 5.94. The number of carboxylic acids is 1. The van der Waals surface area contributed by atoms with Gasteiger partial charge in [0.05, 0.1) is 0 Å². The molecule has 98 valence electrons. The highest BCUT2D eigenvalue weighted by Crippen LogP contribution is 2.27. The summed E-state index contributed by atoms with van der Waals surface area (Å²) in [5, 5.41) is 9.22. The van der Waals surface area contributed by atoms with Crippen LogP contribution in [0.1, 0.15) is 42.2 Å². The van der Waals surface area contributed by atoms with Crippen molar-refractivity contribution in [2.24, 2.45) is 5.92 Å². The highest BCUT2D eigenvalue weighted by Gasteiger charge is 2.26. The summed E-state index contributed by atoms with van der Waals surface area (Å²) in [5.41, 5.74) is 1.19. The van der Waals surface area contributed by atoms with Gasteiger partial charge in [0.2, 0.25) is 0 Å². The number of hydrogen-bond donors (Lipinski definition) is 1. The molecule has 1 N–H and O–H groups in total. The van der Waals surface area contributed by atoms with Gasteiger partial charge in [-0.05, 0) is 37.8 Å². The Balaban J connectivity index is 2.23. The van der Waals surface area contributed by atoms with Gasteiger partial charge >= 0.3 is 5.97 Å². The molecule has 1 aliphatic heterocycles. The summed E-state index contributed by atoms with van der Waals surface area (Å²) in [4.78, 5) is 17.8. The van der Waals surface area contributed by atoms with Crippen LogP contribution < -0.4 is 4.90 Å². The van der Waals surface area contributed by atoms with Crippen LogP contribution >= 0.6 is 0 Å². The Morgan fingerprint density at radius 2 is 2.33 bits per heavy atom. The molecule has 1 saturated heterocycles. The fourth-order valence-corrected chi connectivity index (χ4v) is 2.62. The van der Waals surface area contributed by atoms with Crippen LogP contribution in [-0.2, 0) is 0 Å². The molecule has 1 aromatic rings. The SMILES string of the molecule is CCCC1CCN(c2nc(C)ccc2C(=O)O)C1. The zero-order valence-corrected chi connectivity index (χ0v) is 11.0. The van der Waals surface area contributed by atoms with E-state index in [2.05, 4.69) is 16.8 Å². The minimum atomic E-state index is -0.892. The lowest BCUT2D eigenvalue weighted by molar-refractivity contribution is 0.0697. The van der Waals surface area contributed by atoms with Gasteiger partial charge in [0, 0.05) is 18.8 Å². The molecule has 0 radical (unpaired) electrons. The van der Waals surface area contributed by atoms with Gasteiger partial charge in [-0.2, -0.15) is 0 Å². The summed E-state index contributed by atoms with van der Waals surface area (Å²) >= 11 is 0. The van der Waals surface area contributed by atoms with Crippen molar-refractivity contribution in [3.8, 4) is 0 Å². The van der Waals surface area contributed by atoms with Crippen LogP contribution in [0.3, 0.4) is 0 Å². The molecular formula is C14H20N2O2. The molecule has 1 unspecified atom stereocenters. The number of nitrogens with zero attached hydrogens (tertiary/aromatic N) is 2. The molecule has 0 bridgehead atoms. The smallest absolute Gasteiger partial charge is 0.339 e. The fraction of sp³-hybridized carbons (Fsp3) is 0.571. The van der Waals surface area contributed by atoms with Gasteiger partial charge in [-0.1, -0.05) is 13.3 Å². The van der Waals surface area contributed by atoms with Crippen molar-refractivity contribution in [1.82, 2.24) is 4.98 Å². The van der Waals surface area contributed by atoms with Crippen molar-refractivity contribution in [3.05, 3.63) is 23.4 Å². The van der Waals surface area contributed by atoms with Crippen molar-refractivity contribution < 1.29 is 9.90 Å². The van der Waals surface area contributed by atoms with Crippen LogP contribution in [0.15, 0.2) is 12.1 Å². The maximum Gasteiger partial charge on any atom is 0.339 e. The van der Waals surface area contributed by atoms with E-state index in [1.165, 1.54) is 12.8 Å². The summed E-state index contributed by atoms with van der Waals surface area (Å²) in [6, 6.07) is 3.42. The Hall–Kier alpha value is -1.58. The number of anilines is 1. The first-order valence-corrected chi connectivity index (χ1v) is 6.57. The predicted molar refractivity (Wildman–Crippen MR) is 71.2 cm³/mol. The molecule has 0 amide bonds. The first-order valence-electron chi connectivity index (χ1n) is 6.57. The summed E-state index contributed by atoms with van der Waals surface area (Å²) in [5.74, 6) is 0.427. The second-order valence-electron chi connectivity index (χ2n) is 5.02. The van der Waals surface area contributed by atoms with E-state index in [0.717, 1.165) is 25.2 Å². The van der Waals surface area contributed by atoms with Crippen molar-refractivity contribution in [2.45, 2.75) is 33.1 Å². The monoisotopic (exact) mass is 248 g/mol. The molecular weight excluding hydrogens is 228 g/mol. The third-order valence-corrected chi connectivity index (χ3v) is 3.53. The van der Waals surface area contributed by atoms with Crippen LogP contribution in [0.4, 0.5) is 5.82 Å². The van der Waals surface area contributed by atoms with Crippen molar-refractivity contribution in [1.29, 1.82) is 0 Å². The third-order valence-electron chi connectivity index (χ3n) is 3.53. The van der Waals surface area contributed by atoms with Gasteiger partial charge in [0.25, 0.3) is 0 Å². The Bertz CT molecular complexity index is 445. The second kappa shape index (κ2) is 5.38. The van der Waals surface area contributed by atoms with Crippen LogP contribution in [0.25, 0.3) is 0 Å². The van der Waals surface area contributed by atoms with Crippen LogP contribution in [0.2, 0.25) is 0 Å². The van der Waals surface area contributed by atoms with Crippen molar-refractivity contribution in [3.63, 3.8) is 0 Å². The fourth-order valence-electron chi connectivity index (χ4n) is 2.62. The lowest BCUT2D eigenvalue weighted by Gasteiger charge is -2.19. The molecule has 0 saturated carbocycles. The van der Waals surface area contributed by atoms with E-state index in [0.29, 0.717) is 17.3 Å². The van der Waals surface area contributed by atoms with E-state index in [9.17, 15) is 9.90 Å². The summed E-state index contributed by atoms with van der Waals surface area (Å²) in [7, 11) is 0. The predicted octanol–water partition coefficient (Wildman–Crippen LogP) is 2.71. The number of rotatable bonds is 4. The van der Waals surface area contributed by atoms with Crippen molar-refractivity contribution >= 4 is 11.8 Å². The van der Waals surface area contributed by atoms with E-state index in [4.69, 9.17) is 0 Å². The van der Waals surface area contributed by atoms with E-state index in [-0.39, 0.29) is 0 Å². The van der Waals surface area contributed by atoms with Gasteiger partial charge in [-0.15, -0.1) is 0 Å². The Kier molecular flexibility index (Phi) is 3.84. The topological polar surface area (TPSA) is 53.4 Å². The highest BCUT2D eigenvalue weighted by molar-refractivity contribution is 5.93. The molecule has 1 aliphatic rings. The number of aromatic nitrogens is 1. The van der Waals surface area contributed by atoms with Crippen LogP contribution in [0.5, 0.6) is 0 Å². The Morgan fingerprint density at radius 3 is 3.00 bits per heavy atom. The lowest BCUT2D eigenvalue weighted by Crippen LogP contribution is -2.23. The standard InChI is InChI=1S/C14H20N2O2/c1-3-4-11-7-8-16(9-11)13-12(14(17)18)6-5-10(2)15-13/h5-6,11H,3-4,7-9H2,1-2H3,(H,17,18). The average molecular weight is 248 g/mol. The van der Waals surface area contributed by atoms with E-state index < -0.39 is 5.97 Å². The number of aromatic carboxylic acids is 1. The Morgan fingerprint density at radius 1 is 1.56 bits per heavy atom. The number of aryl methyl sites for hydroxylation is 1. The molecule has 2 rings (SSSR count). The zero-order valence-electron chi connectivity index (χ0n) is 11.0. The minimum Gasteiger partial charge on any atom is -0.478 e. The largest absolute Gasteiger partial charge is 0.478 e. The zero-order chi connectivity index (χ0) is 13.1. The third kappa shape index (κ3) is 2.63. The average Bonchev–Trinajstić information content (AvgIpc) is 2.77. The van der Waals surface area contributed by atoms with Crippen LogP contribution in [0, 0.1) is 12.8 Å². The molecule has 0 spiro atoms. The van der Waals surface area contributed by atoms with Gasteiger partial charge in [0.1, 0.15) is 11.4 Å². The molecule has 18 heavy (non-hydrogen) atoms. The van der Waals surface area contributed by atoms with Gasteiger partial charge in [0.15, 0.2) is 0 Å².